The highest BCUT2D eigenvalue weighted by Gasteiger charge is 2.11. The van der Waals surface area contributed by atoms with Crippen molar-refractivity contribution in [2.75, 3.05) is 5.32 Å². The summed E-state index contributed by atoms with van der Waals surface area (Å²) < 4.78 is 25.8. The van der Waals surface area contributed by atoms with Crippen LogP contribution in [0.2, 0.25) is 0 Å². The Labute approximate surface area is 102 Å². The summed E-state index contributed by atoms with van der Waals surface area (Å²) in [4.78, 5) is 0. The van der Waals surface area contributed by atoms with E-state index >= 15 is 0 Å². The van der Waals surface area contributed by atoms with Crippen molar-refractivity contribution < 1.29 is 8.78 Å². The minimum Gasteiger partial charge on any atom is -0.382 e. The molecule has 3 heteroatoms. The molecule has 17 heavy (non-hydrogen) atoms. The van der Waals surface area contributed by atoms with Gasteiger partial charge in [-0.1, -0.05) is 27.2 Å². The standard InChI is InChI=1S/C14H21F2N/c1-4-10(3)8-11(5-2)17-12-6-7-13(15)14(16)9-12/h6-7,9-11,17H,4-5,8H2,1-3H3. The molecule has 0 aliphatic heterocycles. The quantitative estimate of drug-likeness (QED) is 0.768. The number of nitrogens with one attached hydrogen (secondary N) is 1. The number of hydrogen-bond acceptors (Lipinski definition) is 1. The zero-order valence-corrected chi connectivity index (χ0v) is 10.8. The van der Waals surface area contributed by atoms with Gasteiger partial charge in [-0.15, -0.1) is 0 Å². The Balaban J connectivity index is 2.63. The molecule has 0 saturated carbocycles. The Hall–Kier alpha value is -1.12. The predicted molar refractivity (Wildman–Crippen MR) is 68.1 cm³/mol. The molecule has 1 nitrogen and oxygen atoms in total. The van der Waals surface area contributed by atoms with E-state index in [1.807, 2.05) is 0 Å². The van der Waals surface area contributed by atoms with Crippen molar-refractivity contribution in [1.29, 1.82) is 0 Å². The summed E-state index contributed by atoms with van der Waals surface area (Å²) >= 11 is 0. The molecule has 2 atom stereocenters. The average molecular weight is 241 g/mol. The molecule has 0 spiro atoms. The molecule has 0 saturated heterocycles. The molecule has 1 rings (SSSR count). The Morgan fingerprint density at radius 2 is 1.82 bits per heavy atom. The lowest BCUT2D eigenvalue weighted by Gasteiger charge is -2.21. The largest absolute Gasteiger partial charge is 0.382 e. The fraction of sp³-hybridized carbons (Fsp3) is 0.571. The van der Waals surface area contributed by atoms with Crippen molar-refractivity contribution in [3.8, 4) is 0 Å². The van der Waals surface area contributed by atoms with Gasteiger partial charge in [0.1, 0.15) is 0 Å². The van der Waals surface area contributed by atoms with Gasteiger partial charge >= 0.3 is 0 Å². The summed E-state index contributed by atoms with van der Waals surface area (Å²) in [6.45, 7) is 6.46. The first kappa shape index (κ1) is 13.9. The van der Waals surface area contributed by atoms with Crippen LogP contribution in [0.4, 0.5) is 14.5 Å². The molecule has 0 fully saturated rings. The van der Waals surface area contributed by atoms with Gasteiger partial charge in [-0.3, -0.25) is 0 Å². The molecule has 0 aliphatic rings. The third-order valence-corrected chi connectivity index (χ3v) is 3.17. The smallest absolute Gasteiger partial charge is 0.160 e. The van der Waals surface area contributed by atoms with Crippen molar-refractivity contribution in [3.63, 3.8) is 0 Å². The Bertz CT molecular complexity index is 352. The fourth-order valence-electron chi connectivity index (χ4n) is 1.80. The van der Waals surface area contributed by atoms with Crippen molar-refractivity contribution in [2.45, 2.75) is 46.1 Å². The van der Waals surface area contributed by atoms with Crippen molar-refractivity contribution in [2.24, 2.45) is 5.92 Å². The van der Waals surface area contributed by atoms with Crippen LogP contribution in [0.25, 0.3) is 0 Å². The van der Waals surface area contributed by atoms with Gasteiger partial charge in [0, 0.05) is 17.8 Å². The maximum absolute atomic E-state index is 13.0. The van der Waals surface area contributed by atoms with Gasteiger partial charge in [0.2, 0.25) is 0 Å². The van der Waals surface area contributed by atoms with Crippen LogP contribution in [-0.4, -0.2) is 6.04 Å². The first-order valence-corrected chi connectivity index (χ1v) is 6.28. The number of anilines is 1. The summed E-state index contributed by atoms with van der Waals surface area (Å²) in [6, 6.07) is 4.27. The third kappa shape index (κ3) is 4.33. The fourth-order valence-corrected chi connectivity index (χ4v) is 1.80. The van der Waals surface area contributed by atoms with E-state index in [1.165, 1.54) is 6.07 Å². The maximum atomic E-state index is 13.0. The minimum absolute atomic E-state index is 0.315. The van der Waals surface area contributed by atoms with E-state index in [1.54, 1.807) is 6.07 Å². The Morgan fingerprint density at radius 1 is 1.12 bits per heavy atom. The molecular weight excluding hydrogens is 220 g/mol. The topological polar surface area (TPSA) is 12.0 Å². The van der Waals surface area contributed by atoms with Crippen LogP contribution in [0.3, 0.4) is 0 Å². The van der Waals surface area contributed by atoms with Gasteiger partial charge in [-0.05, 0) is 30.9 Å². The van der Waals surface area contributed by atoms with Crippen LogP contribution in [0, 0.1) is 17.6 Å². The molecule has 0 bridgehead atoms. The zero-order valence-electron chi connectivity index (χ0n) is 10.8. The second-order valence-electron chi connectivity index (χ2n) is 4.63. The van der Waals surface area contributed by atoms with E-state index in [9.17, 15) is 8.78 Å². The highest BCUT2D eigenvalue weighted by molar-refractivity contribution is 5.44. The first-order chi connectivity index (χ1) is 8.06. The van der Waals surface area contributed by atoms with Crippen LogP contribution in [-0.2, 0) is 0 Å². The minimum atomic E-state index is -0.800. The molecule has 96 valence electrons. The Kier molecular flexibility index (Phi) is 5.39. The number of rotatable bonds is 6. The predicted octanol–water partition coefficient (Wildman–Crippen LogP) is 4.59. The SMILES string of the molecule is CCC(C)CC(CC)Nc1ccc(F)c(F)c1. The van der Waals surface area contributed by atoms with Crippen molar-refractivity contribution >= 4 is 5.69 Å². The molecule has 0 heterocycles. The van der Waals surface area contributed by atoms with Crippen molar-refractivity contribution in [1.82, 2.24) is 0 Å². The summed E-state index contributed by atoms with van der Waals surface area (Å²) in [6.07, 6.45) is 3.16. The summed E-state index contributed by atoms with van der Waals surface area (Å²) in [5, 5.41) is 3.26. The molecule has 0 aliphatic carbocycles. The lowest BCUT2D eigenvalue weighted by Crippen LogP contribution is -2.21. The van der Waals surface area contributed by atoms with E-state index in [0.717, 1.165) is 25.3 Å². The van der Waals surface area contributed by atoms with Gasteiger partial charge in [0.05, 0.1) is 0 Å². The van der Waals surface area contributed by atoms with Crippen LogP contribution < -0.4 is 5.32 Å². The van der Waals surface area contributed by atoms with E-state index in [-0.39, 0.29) is 0 Å². The highest BCUT2D eigenvalue weighted by Crippen LogP contribution is 2.19. The van der Waals surface area contributed by atoms with Gasteiger partial charge in [0.15, 0.2) is 11.6 Å². The lowest BCUT2D eigenvalue weighted by molar-refractivity contribution is 0.461. The summed E-state index contributed by atoms with van der Waals surface area (Å²) in [5.74, 6) is -0.961. The van der Waals surface area contributed by atoms with E-state index < -0.39 is 11.6 Å². The van der Waals surface area contributed by atoms with E-state index in [0.29, 0.717) is 17.6 Å². The normalized spacial score (nSPS) is 14.4. The van der Waals surface area contributed by atoms with E-state index in [2.05, 4.69) is 26.1 Å². The average Bonchev–Trinajstić information content (AvgIpc) is 2.32. The van der Waals surface area contributed by atoms with Crippen LogP contribution in [0.5, 0.6) is 0 Å². The van der Waals surface area contributed by atoms with E-state index in [4.69, 9.17) is 0 Å². The molecule has 2 unspecified atom stereocenters. The number of hydrogen-bond donors (Lipinski definition) is 1. The monoisotopic (exact) mass is 241 g/mol. The Morgan fingerprint density at radius 3 is 2.35 bits per heavy atom. The van der Waals surface area contributed by atoms with Crippen molar-refractivity contribution in [3.05, 3.63) is 29.8 Å². The molecule has 0 radical (unpaired) electrons. The van der Waals surface area contributed by atoms with Crippen LogP contribution in [0.1, 0.15) is 40.0 Å². The molecule has 0 aromatic heterocycles. The van der Waals surface area contributed by atoms with Gasteiger partial charge in [-0.2, -0.15) is 0 Å². The lowest BCUT2D eigenvalue weighted by atomic mass is 9.97. The van der Waals surface area contributed by atoms with Gasteiger partial charge in [0.25, 0.3) is 0 Å². The second kappa shape index (κ2) is 6.58. The van der Waals surface area contributed by atoms with Gasteiger partial charge < -0.3 is 5.32 Å². The van der Waals surface area contributed by atoms with Crippen LogP contribution in [0.15, 0.2) is 18.2 Å². The molecule has 1 aromatic carbocycles. The number of benzene rings is 1. The summed E-state index contributed by atoms with van der Waals surface area (Å²) in [7, 11) is 0. The van der Waals surface area contributed by atoms with Gasteiger partial charge in [-0.25, -0.2) is 8.78 Å². The number of halogens is 2. The first-order valence-electron chi connectivity index (χ1n) is 6.28. The molecule has 1 aromatic rings. The molecule has 0 amide bonds. The van der Waals surface area contributed by atoms with Crippen LogP contribution >= 0.6 is 0 Å². The molecule has 1 N–H and O–H groups in total. The third-order valence-electron chi connectivity index (χ3n) is 3.17. The molecular formula is C14H21F2N. The zero-order chi connectivity index (χ0) is 12.8. The summed E-state index contributed by atoms with van der Waals surface area (Å²) in [5.41, 5.74) is 0.652. The maximum Gasteiger partial charge on any atom is 0.160 e. The highest BCUT2D eigenvalue weighted by atomic mass is 19.2. The second-order valence-corrected chi connectivity index (χ2v) is 4.63.